The summed E-state index contributed by atoms with van der Waals surface area (Å²) in [5.41, 5.74) is 14.8. The van der Waals surface area contributed by atoms with Gasteiger partial charge in [0.2, 0.25) is 0 Å². The second-order valence-electron chi connectivity index (χ2n) is 16.5. The quantitative estimate of drug-likeness (QED) is 0.216. The summed E-state index contributed by atoms with van der Waals surface area (Å²) in [4.78, 5) is 5.35. The molecule has 2 aromatic carbocycles. The molecule has 2 atom stereocenters. The van der Waals surface area contributed by atoms with Crippen molar-refractivity contribution in [2.75, 3.05) is 22.9 Å². The third kappa shape index (κ3) is 6.87. The summed E-state index contributed by atoms with van der Waals surface area (Å²) >= 11 is 16.8. The van der Waals surface area contributed by atoms with Crippen molar-refractivity contribution in [3.63, 3.8) is 0 Å². The molecule has 1 saturated heterocycles. The molecular weight excluding hydrogens is 658 g/mol. The minimum Gasteiger partial charge on any atom is -0.325 e. The van der Waals surface area contributed by atoms with E-state index in [2.05, 4.69) is 101 Å². The van der Waals surface area contributed by atoms with Crippen molar-refractivity contribution < 1.29 is 0 Å². The molecule has 0 aromatic heterocycles. The van der Waals surface area contributed by atoms with E-state index in [0.29, 0.717) is 11.3 Å². The van der Waals surface area contributed by atoms with Crippen molar-refractivity contribution in [3.05, 3.63) is 80.7 Å². The fraction of sp³-hybridized carbons (Fsp3) is 0.614. The highest BCUT2D eigenvalue weighted by atomic mass is 35.5. The van der Waals surface area contributed by atoms with Gasteiger partial charge < -0.3 is 9.80 Å². The molecule has 4 aliphatic rings. The molecule has 3 aliphatic carbocycles. The third-order valence-electron chi connectivity index (χ3n) is 12.4. The smallest absolute Gasteiger partial charge is 0.116 e. The van der Waals surface area contributed by atoms with Crippen molar-refractivity contribution in [1.82, 2.24) is 0 Å². The van der Waals surface area contributed by atoms with Gasteiger partial charge in [-0.25, -0.2) is 0 Å². The number of nitrogens with zero attached hydrogens (tertiary/aromatic N) is 2. The molecule has 6 rings (SSSR count). The van der Waals surface area contributed by atoms with Crippen molar-refractivity contribution in [3.8, 4) is 0 Å². The van der Waals surface area contributed by atoms with E-state index < -0.39 is 11.5 Å². The van der Waals surface area contributed by atoms with Gasteiger partial charge in [-0.05, 0) is 134 Å². The van der Waals surface area contributed by atoms with Crippen LogP contribution >= 0.6 is 30.1 Å². The molecule has 2 nitrogen and oxygen atoms in total. The van der Waals surface area contributed by atoms with Crippen LogP contribution in [0.4, 0.5) is 11.4 Å². The van der Waals surface area contributed by atoms with Gasteiger partial charge in [0.25, 0.3) is 0 Å². The minimum atomic E-state index is -1.97. The lowest BCUT2D eigenvalue weighted by Gasteiger charge is -2.56. The summed E-state index contributed by atoms with van der Waals surface area (Å²) in [6.45, 7) is 18.1. The predicted octanol–water partition coefficient (Wildman–Crippen LogP) is 13.3. The summed E-state index contributed by atoms with van der Waals surface area (Å²) in [7, 11) is 0. The van der Waals surface area contributed by atoms with Crippen molar-refractivity contribution >= 4 is 47.3 Å². The van der Waals surface area contributed by atoms with Crippen LogP contribution in [0.2, 0.25) is 0 Å². The van der Waals surface area contributed by atoms with Crippen molar-refractivity contribution in [2.45, 2.75) is 160 Å². The molecule has 0 spiro atoms. The van der Waals surface area contributed by atoms with E-state index in [1.807, 2.05) is 0 Å². The Hall–Kier alpha value is -1.60. The van der Waals surface area contributed by atoms with E-state index in [1.165, 1.54) is 126 Å². The Morgan fingerprint density at radius 2 is 1.10 bits per heavy atom. The summed E-state index contributed by atoms with van der Waals surface area (Å²) < 4.78 is -0.469. The minimum absolute atomic E-state index is 0.0897. The van der Waals surface area contributed by atoms with Gasteiger partial charge in [0, 0.05) is 30.0 Å². The summed E-state index contributed by atoms with van der Waals surface area (Å²) in [5.74, 6) is 4.10. The van der Waals surface area contributed by atoms with Crippen LogP contribution in [0.3, 0.4) is 0 Å². The second kappa shape index (κ2) is 15.2. The maximum atomic E-state index is 8.90. The second-order valence-corrected chi connectivity index (χ2v) is 22.1. The molecule has 1 aliphatic heterocycles. The fourth-order valence-corrected chi connectivity index (χ4v) is 19.4. The lowest BCUT2D eigenvalue weighted by Crippen LogP contribution is -2.45. The molecule has 0 N–H and O–H groups in total. The molecule has 1 heterocycles. The van der Waals surface area contributed by atoms with Crippen LogP contribution in [0, 0.1) is 41.5 Å². The third-order valence-corrected chi connectivity index (χ3v) is 19.9. The zero-order valence-corrected chi connectivity index (χ0v) is 34.3. The monoisotopic (exact) mass is 720 g/mol. The number of aryl methyl sites for hydroxylation is 6. The SMILES string of the molecule is CC(C)=CC=P(C1CCCCC1)(C1CCCCC1)C1(Cl)CCCC(Cl)C1=C1N(c2c(C)cc(C)cc2C)CCN1c1c(C)cc(C)cc1C. The van der Waals surface area contributed by atoms with E-state index in [0.717, 1.165) is 32.4 Å². The van der Waals surface area contributed by atoms with E-state index in [1.54, 1.807) is 0 Å². The number of benzene rings is 2. The van der Waals surface area contributed by atoms with Crippen LogP contribution in [-0.4, -0.2) is 40.2 Å². The van der Waals surface area contributed by atoms with Crippen LogP contribution in [0.25, 0.3) is 0 Å². The lowest BCUT2D eigenvalue weighted by molar-refractivity contribution is 0.469. The molecule has 3 saturated carbocycles. The Morgan fingerprint density at radius 3 is 1.51 bits per heavy atom. The maximum absolute atomic E-state index is 8.90. The number of hydrogen-bond acceptors (Lipinski definition) is 2. The van der Waals surface area contributed by atoms with Gasteiger partial charge in [-0.1, -0.05) is 98.2 Å². The van der Waals surface area contributed by atoms with Gasteiger partial charge in [0.15, 0.2) is 0 Å². The lowest BCUT2D eigenvalue weighted by atomic mass is 9.91. The summed E-state index contributed by atoms with van der Waals surface area (Å²) in [6, 6.07) is 9.47. The first-order chi connectivity index (χ1) is 23.4. The van der Waals surface area contributed by atoms with Crippen LogP contribution in [0.15, 0.2) is 47.3 Å². The van der Waals surface area contributed by atoms with E-state index in [-0.39, 0.29) is 5.38 Å². The number of anilines is 2. The Balaban J connectivity index is 1.73. The highest BCUT2D eigenvalue weighted by Crippen LogP contribution is 2.77. The molecule has 0 radical (unpaired) electrons. The first kappa shape index (κ1) is 37.2. The Morgan fingerprint density at radius 1 is 0.673 bits per heavy atom. The molecular formula is C44H63Cl2N2P. The number of rotatable bonds is 6. The number of allylic oxidation sites excluding steroid dienone is 3. The van der Waals surface area contributed by atoms with Crippen molar-refractivity contribution in [1.29, 1.82) is 0 Å². The molecule has 2 unspecified atom stereocenters. The Bertz CT molecular complexity index is 1520. The van der Waals surface area contributed by atoms with E-state index in [9.17, 15) is 0 Å². The molecule has 0 amide bonds. The van der Waals surface area contributed by atoms with Crippen LogP contribution in [0.1, 0.15) is 131 Å². The molecule has 5 heteroatoms. The van der Waals surface area contributed by atoms with Crippen LogP contribution < -0.4 is 9.80 Å². The number of hydrogen-bond donors (Lipinski definition) is 0. The van der Waals surface area contributed by atoms with Gasteiger partial charge in [0.1, 0.15) is 5.82 Å². The fourth-order valence-electron chi connectivity index (χ4n) is 10.8. The molecule has 4 fully saturated rings. The molecule has 0 bridgehead atoms. The summed E-state index contributed by atoms with van der Waals surface area (Å²) in [5, 5.41) is -0.0897. The normalized spacial score (nSPS) is 24.5. The van der Waals surface area contributed by atoms with Crippen LogP contribution in [0.5, 0.6) is 0 Å². The predicted molar refractivity (Wildman–Crippen MR) is 221 cm³/mol. The Labute approximate surface area is 309 Å². The Kier molecular flexibility index (Phi) is 11.5. The van der Waals surface area contributed by atoms with Crippen LogP contribution in [-0.2, 0) is 0 Å². The summed E-state index contributed by atoms with van der Waals surface area (Å²) in [6.07, 6.45) is 19.0. The van der Waals surface area contributed by atoms with Gasteiger partial charge >= 0.3 is 0 Å². The number of alkyl halides is 2. The first-order valence-corrected chi connectivity index (χ1v) is 22.4. The highest BCUT2D eigenvalue weighted by molar-refractivity contribution is 7.79. The van der Waals surface area contributed by atoms with Gasteiger partial charge in [-0.2, -0.15) is 0 Å². The largest absolute Gasteiger partial charge is 0.325 e. The average Bonchev–Trinajstić information content (AvgIpc) is 3.44. The molecule has 268 valence electrons. The standard InChI is InChI=1S/C44H63Cl2N2P/c1-30(2)21-25-49(37-16-11-9-12-17-37,38-18-13-10-14-19-38)44(46)22-15-20-39(45)40(44)43-47(41-33(5)26-31(3)27-34(41)6)23-24-48(43)42-35(7)28-32(4)29-36(42)8/h21,25-29,37-39H,9-20,22-24H2,1-8H3. The van der Waals surface area contributed by atoms with Gasteiger partial charge in [-0.15, -0.1) is 23.2 Å². The zero-order valence-electron chi connectivity index (χ0n) is 31.9. The maximum Gasteiger partial charge on any atom is 0.116 e. The zero-order chi connectivity index (χ0) is 35.1. The van der Waals surface area contributed by atoms with E-state index in [4.69, 9.17) is 23.2 Å². The average molecular weight is 722 g/mol. The first-order valence-electron chi connectivity index (χ1n) is 19.5. The highest BCUT2D eigenvalue weighted by Gasteiger charge is 2.57. The topological polar surface area (TPSA) is 6.48 Å². The number of halogens is 2. The van der Waals surface area contributed by atoms with Crippen molar-refractivity contribution in [2.24, 2.45) is 0 Å². The van der Waals surface area contributed by atoms with Gasteiger partial charge in [0.05, 0.1) is 9.99 Å². The molecule has 49 heavy (non-hydrogen) atoms. The molecule has 2 aromatic rings. The van der Waals surface area contributed by atoms with E-state index >= 15 is 0 Å². The van der Waals surface area contributed by atoms with Gasteiger partial charge in [-0.3, -0.25) is 0 Å².